The zero-order valence-corrected chi connectivity index (χ0v) is 15.7. The molecule has 0 bridgehead atoms. The molecule has 4 rings (SSSR count). The van der Waals surface area contributed by atoms with Gasteiger partial charge in [0.1, 0.15) is 0 Å². The minimum absolute atomic E-state index is 0.100. The number of aromatic nitrogens is 2. The fourth-order valence-electron chi connectivity index (χ4n) is 3.77. The topological polar surface area (TPSA) is 52.2 Å². The van der Waals surface area contributed by atoms with Gasteiger partial charge < -0.3 is 9.80 Å². The molecule has 1 N–H and O–H groups in total. The molecule has 5 heteroatoms. The number of nitrogens with zero attached hydrogens (tertiary/aromatic N) is 3. The fraction of sp³-hybridized carbons (Fsp3) is 0.273. The summed E-state index contributed by atoms with van der Waals surface area (Å²) in [5.41, 5.74) is 5.25. The second kappa shape index (κ2) is 7.27. The Morgan fingerprint density at radius 2 is 1.85 bits per heavy atom. The molecule has 0 radical (unpaired) electrons. The first-order valence-electron chi connectivity index (χ1n) is 9.35. The third kappa shape index (κ3) is 3.45. The Morgan fingerprint density at radius 3 is 2.52 bits per heavy atom. The molecule has 1 amide bonds. The second-order valence-electron chi connectivity index (χ2n) is 7.13. The molecule has 1 atom stereocenters. The van der Waals surface area contributed by atoms with Gasteiger partial charge in [-0.1, -0.05) is 30.3 Å². The van der Waals surface area contributed by atoms with E-state index in [0.29, 0.717) is 0 Å². The van der Waals surface area contributed by atoms with Gasteiger partial charge in [0.25, 0.3) is 5.91 Å². The first-order chi connectivity index (χ1) is 13.1. The minimum atomic E-state index is 0.100. The summed E-state index contributed by atoms with van der Waals surface area (Å²) >= 11 is 0. The van der Waals surface area contributed by atoms with E-state index in [-0.39, 0.29) is 11.9 Å². The Kier molecular flexibility index (Phi) is 4.67. The standard InChI is InChI=1S/C22H24N4O/c1-16-5-3-4-6-21(16)25-13-14-26(17(2)15-25)22(27)19-9-7-18(8-10-19)20-11-12-23-24-20/h3-12,17H,13-15H2,1-2H3,(H,23,24)/t17-/m0/s1. The van der Waals surface area contributed by atoms with E-state index >= 15 is 0 Å². The van der Waals surface area contributed by atoms with Crippen molar-refractivity contribution in [3.8, 4) is 11.3 Å². The van der Waals surface area contributed by atoms with Gasteiger partial charge >= 0.3 is 0 Å². The first kappa shape index (κ1) is 17.3. The van der Waals surface area contributed by atoms with E-state index < -0.39 is 0 Å². The summed E-state index contributed by atoms with van der Waals surface area (Å²) in [4.78, 5) is 17.4. The Labute approximate surface area is 159 Å². The van der Waals surface area contributed by atoms with E-state index in [1.807, 2.05) is 35.2 Å². The van der Waals surface area contributed by atoms with Gasteiger partial charge in [0.2, 0.25) is 0 Å². The van der Waals surface area contributed by atoms with Gasteiger partial charge in [0.05, 0.1) is 5.69 Å². The van der Waals surface area contributed by atoms with Crippen LogP contribution in [0.4, 0.5) is 5.69 Å². The van der Waals surface area contributed by atoms with Crippen LogP contribution in [0.15, 0.2) is 60.8 Å². The van der Waals surface area contributed by atoms with Crippen LogP contribution in [0.5, 0.6) is 0 Å². The van der Waals surface area contributed by atoms with E-state index in [4.69, 9.17) is 0 Å². The molecule has 2 aromatic carbocycles. The predicted molar refractivity (Wildman–Crippen MR) is 108 cm³/mol. The van der Waals surface area contributed by atoms with Crippen molar-refractivity contribution >= 4 is 11.6 Å². The number of amides is 1. The monoisotopic (exact) mass is 360 g/mol. The zero-order chi connectivity index (χ0) is 18.8. The maximum Gasteiger partial charge on any atom is 0.254 e. The molecule has 1 aliphatic rings. The quantitative estimate of drug-likeness (QED) is 0.774. The summed E-state index contributed by atoms with van der Waals surface area (Å²) in [6.45, 7) is 6.70. The van der Waals surface area contributed by atoms with E-state index in [1.54, 1.807) is 6.20 Å². The molecule has 0 aliphatic carbocycles. The number of carbonyl (C=O) groups is 1. The summed E-state index contributed by atoms with van der Waals surface area (Å²) in [7, 11) is 0. The van der Waals surface area contributed by atoms with Crippen molar-refractivity contribution in [1.29, 1.82) is 0 Å². The first-order valence-corrected chi connectivity index (χ1v) is 9.35. The number of aryl methyl sites for hydroxylation is 1. The number of para-hydroxylation sites is 1. The molecular weight excluding hydrogens is 336 g/mol. The van der Waals surface area contributed by atoms with Crippen LogP contribution in [0.1, 0.15) is 22.8 Å². The number of hydrogen-bond donors (Lipinski definition) is 1. The molecule has 1 aliphatic heterocycles. The van der Waals surface area contributed by atoms with Crippen molar-refractivity contribution in [3.05, 3.63) is 71.9 Å². The van der Waals surface area contributed by atoms with Gasteiger partial charge in [-0.3, -0.25) is 9.89 Å². The van der Waals surface area contributed by atoms with Crippen molar-refractivity contribution in [2.75, 3.05) is 24.5 Å². The summed E-state index contributed by atoms with van der Waals surface area (Å²) in [5, 5.41) is 6.92. The van der Waals surface area contributed by atoms with Crippen molar-refractivity contribution in [2.45, 2.75) is 19.9 Å². The van der Waals surface area contributed by atoms with Crippen LogP contribution in [0.25, 0.3) is 11.3 Å². The smallest absolute Gasteiger partial charge is 0.254 e. The van der Waals surface area contributed by atoms with Crippen LogP contribution >= 0.6 is 0 Å². The van der Waals surface area contributed by atoms with Crippen LogP contribution in [0, 0.1) is 6.92 Å². The summed E-state index contributed by atoms with van der Waals surface area (Å²) in [6, 6.07) is 18.3. The lowest BCUT2D eigenvalue weighted by atomic mass is 10.1. The summed E-state index contributed by atoms with van der Waals surface area (Å²) in [5.74, 6) is 0.100. The highest BCUT2D eigenvalue weighted by molar-refractivity contribution is 5.95. The number of carbonyl (C=O) groups excluding carboxylic acids is 1. The zero-order valence-electron chi connectivity index (χ0n) is 15.7. The Balaban J connectivity index is 1.46. The number of H-pyrrole nitrogens is 1. The molecule has 0 unspecified atom stereocenters. The maximum atomic E-state index is 13.0. The average molecular weight is 360 g/mol. The highest BCUT2D eigenvalue weighted by atomic mass is 16.2. The lowest BCUT2D eigenvalue weighted by molar-refractivity contribution is 0.0674. The van der Waals surface area contributed by atoms with Crippen LogP contribution < -0.4 is 4.90 Å². The normalized spacial score (nSPS) is 17.2. The summed E-state index contributed by atoms with van der Waals surface area (Å²) in [6.07, 6.45) is 1.73. The summed E-state index contributed by atoms with van der Waals surface area (Å²) < 4.78 is 0. The lowest BCUT2D eigenvalue weighted by Crippen LogP contribution is -2.54. The van der Waals surface area contributed by atoms with Crippen molar-refractivity contribution in [3.63, 3.8) is 0 Å². The Morgan fingerprint density at radius 1 is 1.07 bits per heavy atom. The molecule has 0 saturated carbocycles. The van der Waals surface area contributed by atoms with Crippen molar-refractivity contribution in [1.82, 2.24) is 15.1 Å². The highest BCUT2D eigenvalue weighted by Gasteiger charge is 2.28. The average Bonchev–Trinajstić information content (AvgIpc) is 3.23. The molecule has 1 saturated heterocycles. The van der Waals surface area contributed by atoms with Crippen LogP contribution in [0.2, 0.25) is 0 Å². The van der Waals surface area contributed by atoms with E-state index in [1.165, 1.54) is 11.3 Å². The van der Waals surface area contributed by atoms with E-state index in [0.717, 1.165) is 36.5 Å². The Hall–Kier alpha value is -3.08. The molecule has 138 valence electrons. The Bertz CT molecular complexity index is 918. The van der Waals surface area contributed by atoms with Gasteiger partial charge in [-0.05, 0) is 49.2 Å². The molecule has 5 nitrogen and oxygen atoms in total. The van der Waals surface area contributed by atoms with Gasteiger partial charge in [0.15, 0.2) is 0 Å². The molecule has 2 heterocycles. The highest BCUT2D eigenvalue weighted by Crippen LogP contribution is 2.24. The van der Waals surface area contributed by atoms with Crippen molar-refractivity contribution in [2.24, 2.45) is 0 Å². The van der Waals surface area contributed by atoms with Crippen LogP contribution in [0.3, 0.4) is 0 Å². The number of rotatable bonds is 3. The molecule has 27 heavy (non-hydrogen) atoms. The van der Waals surface area contributed by atoms with Gasteiger partial charge in [0, 0.05) is 43.1 Å². The largest absolute Gasteiger partial charge is 0.367 e. The second-order valence-corrected chi connectivity index (χ2v) is 7.13. The van der Waals surface area contributed by atoms with Crippen LogP contribution in [-0.2, 0) is 0 Å². The van der Waals surface area contributed by atoms with E-state index in [9.17, 15) is 4.79 Å². The van der Waals surface area contributed by atoms with Gasteiger partial charge in [-0.25, -0.2) is 0 Å². The predicted octanol–water partition coefficient (Wildman–Crippen LogP) is 3.74. The fourth-order valence-corrected chi connectivity index (χ4v) is 3.77. The van der Waals surface area contributed by atoms with Gasteiger partial charge in [-0.15, -0.1) is 0 Å². The molecule has 0 spiro atoms. The number of benzene rings is 2. The third-order valence-corrected chi connectivity index (χ3v) is 5.29. The third-order valence-electron chi connectivity index (χ3n) is 5.29. The van der Waals surface area contributed by atoms with Crippen molar-refractivity contribution < 1.29 is 4.79 Å². The molecule has 1 aromatic heterocycles. The number of aromatic amines is 1. The van der Waals surface area contributed by atoms with Crippen LogP contribution in [-0.4, -0.2) is 46.7 Å². The molecular formula is C22H24N4O. The number of nitrogens with one attached hydrogen (secondary N) is 1. The lowest BCUT2D eigenvalue weighted by Gasteiger charge is -2.41. The molecule has 1 fully saturated rings. The van der Waals surface area contributed by atoms with E-state index in [2.05, 4.69) is 53.2 Å². The SMILES string of the molecule is Cc1ccccc1N1CCN(C(=O)c2ccc(-c3ccn[nH]3)cc2)[C@@H](C)C1. The maximum absolute atomic E-state index is 13.0. The number of anilines is 1. The van der Waals surface area contributed by atoms with Gasteiger partial charge in [-0.2, -0.15) is 5.10 Å². The molecule has 3 aromatic rings. The number of piperazine rings is 1. The minimum Gasteiger partial charge on any atom is -0.367 e. The number of hydrogen-bond acceptors (Lipinski definition) is 3.